The van der Waals surface area contributed by atoms with E-state index in [1.54, 1.807) is 18.2 Å². The van der Waals surface area contributed by atoms with Gasteiger partial charge in [0.15, 0.2) is 0 Å². The molecule has 18 heavy (non-hydrogen) atoms. The van der Waals surface area contributed by atoms with E-state index in [2.05, 4.69) is 15.8 Å². The summed E-state index contributed by atoms with van der Waals surface area (Å²) in [6.45, 7) is 1.93. The quantitative estimate of drug-likeness (QED) is 0.621. The molecule has 1 heterocycles. The lowest BCUT2D eigenvalue weighted by atomic mass is 10.2. The first-order valence-corrected chi connectivity index (χ1v) is 5.86. The molecule has 94 valence electrons. The summed E-state index contributed by atoms with van der Waals surface area (Å²) in [5, 5.41) is 0. The highest BCUT2D eigenvalue weighted by Gasteiger charge is 2.23. The Balaban J connectivity index is 1.82. The number of amides is 2. The molecule has 0 bridgehead atoms. The maximum Gasteiger partial charge on any atom is 0.288 e. The zero-order valence-corrected chi connectivity index (χ0v) is 10.1. The highest BCUT2D eigenvalue weighted by molar-refractivity contribution is 5.95. The normalized spacial score (nSPS) is 15.1. The van der Waals surface area contributed by atoms with E-state index in [0.717, 1.165) is 18.4 Å². The van der Waals surface area contributed by atoms with Crippen LogP contribution in [0.5, 0.6) is 0 Å². The van der Waals surface area contributed by atoms with Crippen molar-refractivity contribution in [3.63, 3.8) is 0 Å². The molecule has 2 rings (SSSR count). The van der Waals surface area contributed by atoms with Crippen LogP contribution in [0.25, 0.3) is 0 Å². The minimum Gasteiger partial charge on any atom is -0.268 e. The van der Waals surface area contributed by atoms with Gasteiger partial charge in [-0.25, -0.2) is 0 Å². The van der Waals surface area contributed by atoms with Crippen LogP contribution in [0, 0.1) is 5.92 Å². The minimum absolute atomic E-state index is 0.265. The monoisotopic (exact) mass is 245 g/mol. The van der Waals surface area contributed by atoms with Crippen LogP contribution in [0.3, 0.4) is 0 Å². The lowest BCUT2D eigenvalue weighted by Crippen LogP contribution is -2.41. The Bertz CT molecular complexity index is 478. The predicted octanol–water partition coefficient (Wildman–Crippen LogP) is 1.20. The summed E-state index contributed by atoms with van der Waals surface area (Å²) in [5.41, 5.74) is 5.98. The number of rotatable bonds is 3. The first-order valence-electron chi connectivity index (χ1n) is 5.86. The van der Waals surface area contributed by atoms with Crippen molar-refractivity contribution >= 4 is 11.8 Å². The molecule has 0 spiro atoms. The number of nitrogens with one attached hydrogen (secondary N) is 2. The molecule has 2 amide bonds. The number of hydrogen-bond acceptors (Lipinski definition) is 3. The third kappa shape index (κ3) is 3.41. The van der Waals surface area contributed by atoms with Gasteiger partial charge in [-0.1, -0.05) is 11.6 Å². The molecule has 1 aromatic rings. The van der Waals surface area contributed by atoms with Crippen molar-refractivity contribution in [2.75, 3.05) is 0 Å². The van der Waals surface area contributed by atoms with Crippen molar-refractivity contribution in [3.05, 3.63) is 41.7 Å². The van der Waals surface area contributed by atoms with Crippen LogP contribution in [0.15, 0.2) is 36.0 Å². The number of aromatic nitrogens is 1. The largest absolute Gasteiger partial charge is 0.288 e. The Morgan fingerprint density at radius 1 is 1.33 bits per heavy atom. The van der Waals surface area contributed by atoms with Crippen LogP contribution in [-0.2, 0) is 4.79 Å². The molecular weight excluding hydrogens is 230 g/mol. The standard InChI is InChI=1S/C13H15N3O2/c1-9(10-5-6-10)8-12(17)15-16-13(18)11-4-2-3-7-14-11/h2-4,7-8,10H,5-6H2,1H3,(H,15,17)(H,16,18). The molecule has 1 aliphatic carbocycles. The van der Waals surface area contributed by atoms with E-state index >= 15 is 0 Å². The van der Waals surface area contributed by atoms with Crippen LogP contribution in [0.2, 0.25) is 0 Å². The number of hydrazine groups is 1. The lowest BCUT2D eigenvalue weighted by molar-refractivity contribution is -0.117. The highest BCUT2D eigenvalue weighted by Crippen LogP contribution is 2.35. The highest BCUT2D eigenvalue weighted by atomic mass is 16.2. The van der Waals surface area contributed by atoms with Crippen molar-refractivity contribution < 1.29 is 9.59 Å². The van der Waals surface area contributed by atoms with E-state index in [1.807, 2.05) is 6.92 Å². The SMILES string of the molecule is CC(=CC(=O)NNC(=O)c1ccccn1)C1CC1. The zero-order chi connectivity index (χ0) is 13.0. The van der Waals surface area contributed by atoms with Gasteiger partial charge in [-0.3, -0.25) is 25.4 Å². The van der Waals surface area contributed by atoms with E-state index < -0.39 is 5.91 Å². The van der Waals surface area contributed by atoms with Crippen molar-refractivity contribution in [2.24, 2.45) is 5.92 Å². The lowest BCUT2D eigenvalue weighted by Gasteiger charge is -2.05. The summed E-state index contributed by atoms with van der Waals surface area (Å²) >= 11 is 0. The minimum atomic E-state index is -0.429. The van der Waals surface area contributed by atoms with Gasteiger partial charge in [0.1, 0.15) is 5.69 Å². The zero-order valence-electron chi connectivity index (χ0n) is 10.1. The number of nitrogens with zero attached hydrogens (tertiary/aromatic N) is 1. The summed E-state index contributed by atoms with van der Waals surface area (Å²) in [6, 6.07) is 5.00. The summed E-state index contributed by atoms with van der Waals surface area (Å²) in [6.07, 6.45) is 5.34. The summed E-state index contributed by atoms with van der Waals surface area (Å²) < 4.78 is 0. The van der Waals surface area contributed by atoms with Crippen molar-refractivity contribution in [3.8, 4) is 0 Å². The number of hydrogen-bond donors (Lipinski definition) is 2. The predicted molar refractivity (Wildman–Crippen MR) is 66.3 cm³/mol. The molecule has 1 aliphatic rings. The average molecular weight is 245 g/mol. The third-order valence-corrected chi connectivity index (χ3v) is 2.78. The van der Waals surface area contributed by atoms with Gasteiger partial charge in [-0.2, -0.15) is 0 Å². The van der Waals surface area contributed by atoms with E-state index in [9.17, 15) is 9.59 Å². The second kappa shape index (κ2) is 5.44. The smallest absolute Gasteiger partial charge is 0.268 e. The van der Waals surface area contributed by atoms with Gasteiger partial charge in [0.2, 0.25) is 0 Å². The van der Waals surface area contributed by atoms with Crippen LogP contribution in [-0.4, -0.2) is 16.8 Å². The molecular formula is C13H15N3O2. The molecule has 5 nitrogen and oxygen atoms in total. The van der Waals surface area contributed by atoms with E-state index in [1.165, 1.54) is 12.3 Å². The van der Waals surface area contributed by atoms with Gasteiger partial charge in [0.05, 0.1) is 0 Å². The van der Waals surface area contributed by atoms with Crippen molar-refractivity contribution in [2.45, 2.75) is 19.8 Å². The topological polar surface area (TPSA) is 71.1 Å². The molecule has 0 unspecified atom stereocenters. The Morgan fingerprint density at radius 3 is 2.72 bits per heavy atom. The van der Waals surface area contributed by atoms with Crippen molar-refractivity contribution in [1.29, 1.82) is 0 Å². The number of pyridine rings is 1. The van der Waals surface area contributed by atoms with Crippen LogP contribution in [0.1, 0.15) is 30.3 Å². The van der Waals surface area contributed by atoms with Gasteiger partial charge in [0, 0.05) is 12.3 Å². The number of carbonyl (C=O) groups is 2. The molecule has 1 aromatic heterocycles. The van der Waals surface area contributed by atoms with Crippen LogP contribution < -0.4 is 10.9 Å². The third-order valence-electron chi connectivity index (χ3n) is 2.78. The first kappa shape index (κ1) is 12.3. The van der Waals surface area contributed by atoms with Gasteiger partial charge in [0.25, 0.3) is 11.8 Å². The summed E-state index contributed by atoms with van der Waals surface area (Å²) in [4.78, 5) is 26.9. The second-order valence-electron chi connectivity index (χ2n) is 4.32. The first-order chi connectivity index (χ1) is 8.66. The van der Waals surface area contributed by atoms with E-state index in [4.69, 9.17) is 0 Å². The van der Waals surface area contributed by atoms with E-state index in [0.29, 0.717) is 5.92 Å². The molecule has 0 aliphatic heterocycles. The van der Waals surface area contributed by atoms with Gasteiger partial charge in [-0.15, -0.1) is 0 Å². The molecule has 0 atom stereocenters. The maximum absolute atomic E-state index is 11.6. The number of carbonyl (C=O) groups excluding carboxylic acids is 2. The van der Waals surface area contributed by atoms with Crippen LogP contribution in [0.4, 0.5) is 0 Å². The molecule has 1 fully saturated rings. The van der Waals surface area contributed by atoms with E-state index in [-0.39, 0.29) is 11.6 Å². The molecule has 0 aromatic carbocycles. The average Bonchev–Trinajstić information content (AvgIpc) is 3.21. The van der Waals surface area contributed by atoms with Gasteiger partial charge < -0.3 is 0 Å². The molecule has 0 saturated heterocycles. The van der Waals surface area contributed by atoms with Gasteiger partial charge >= 0.3 is 0 Å². The fourth-order valence-electron chi connectivity index (χ4n) is 1.58. The molecule has 1 saturated carbocycles. The summed E-state index contributed by atoms with van der Waals surface area (Å²) in [7, 11) is 0. The second-order valence-corrected chi connectivity index (χ2v) is 4.32. The Morgan fingerprint density at radius 2 is 2.11 bits per heavy atom. The fourth-order valence-corrected chi connectivity index (χ4v) is 1.58. The van der Waals surface area contributed by atoms with Crippen molar-refractivity contribution in [1.82, 2.24) is 15.8 Å². The summed E-state index contributed by atoms with van der Waals surface area (Å²) in [5.74, 6) is -0.202. The molecule has 5 heteroatoms. The Labute approximate surface area is 105 Å². The fraction of sp³-hybridized carbons (Fsp3) is 0.308. The molecule has 0 radical (unpaired) electrons. The van der Waals surface area contributed by atoms with Gasteiger partial charge in [-0.05, 0) is 37.8 Å². The van der Waals surface area contributed by atoms with Crippen LogP contribution >= 0.6 is 0 Å². The Kier molecular flexibility index (Phi) is 3.72. The number of allylic oxidation sites excluding steroid dienone is 1. The molecule has 2 N–H and O–H groups in total. The maximum atomic E-state index is 11.6. The Hall–Kier alpha value is -2.17.